The van der Waals surface area contributed by atoms with Gasteiger partial charge in [0, 0.05) is 18.4 Å². The van der Waals surface area contributed by atoms with Crippen LogP contribution in [0, 0.1) is 5.41 Å². The lowest BCUT2D eigenvalue weighted by Gasteiger charge is -2.40. The number of aromatic nitrogens is 2. The van der Waals surface area contributed by atoms with Crippen molar-refractivity contribution in [3.05, 3.63) is 30.0 Å². The van der Waals surface area contributed by atoms with Crippen LogP contribution in [0.3, 0.4) is 0 Å². The predicted octanol–water partition coefficient (Wildman–Crippen LogP) is 3.93. The maximum absolute atomic E-state index is 10.9. The lowest BCUT2D eigenvalue weighted by molar-refractivity contribution is -0.0256. The summed E-state index contributed by atoms with van der Waals surface area (Å²) in [6.45, 7) is 7.58. The third-order valence-electron chi connectivity index (χ3n) is 5.06. The summed E-state index contributed by atoms with van der Waals surface area (Å²) in [7, 11) is 0. The van der Waals surface area contributed by atoms with Crippen molar-refractivity contribution in [1.82, 2.24) is 9.78 Å². The van der Waals surface area contributed by atoms with Crippen LogP contribution in [0.25, 0.3) is 10.9 Å². The molecular formula is C18H26N2O. The highest BCUT2D eigenvalue weighted by molar-refractivity contribution is 5.82. The van der Waals surface area contributed by atoms with E-state index in [4.69, 9.17) is 5.10 Å². The molecule has 1 saturated carbocycles. The van der Waals surface area contributed by atoms with Crippen LogP contribution in [0.2, 0.25) is 0 Å². The highest BCUT2D eigenvalue weighted by atomic mass is 16.3. The van der Waals surface area contributed by atoms with Crippen LogP contribution in [-0.2, 0) is 13.0 Å². The van der Waals surface area contributed by atoms with Gasteiger partial charge in [-0.05, 0) is 44.1 Å². The summed E-state index contributed by atoms with van der Waals surface area (Å²) in [4.78, 5) is 0. The van der Waals surface area contributed by atoms with Gasteiger partial charge < -0.3 is 5.11 Å². The average Bonchev–Trinajstić information content (AvgIpc) is 2.81. The normalized spacial score (nSPS) is 20.8. The van der Waals surface area contributed by atoms with E-state index >= 15 is 0 Å². The van der Waals surface area contributed by atoms with E-state index in [2.05, 4.69) is 45.0 Å². The van der Waals surface area contributed by atoms with Crippen molar-refractivity contribution in [2.75, 3.05) is 0 Å². The Morgan fingerprint density at radius 3 is 2.48 bits per heavy atom. The molecule has 114 valence electrons. The maximum Gasteiger partial charge on any atom is 0.0731 e. The lowest BCUT2D eigenvalue weighted by atomic mass is 9.69. The molecule has 1 heterocycles. The Bertz CT molecular complexity index is 632. The van der Waals surface area contributed by atoms with Crippen molar-refractivity contribution in [1.29, 1.82) is 0 Å². The molecule has 0 saturated heterocycles. The Morgan fingerprint density at radius 1 is 1.14 bits per heavy atom. The fourth-order valence-electron chi connectivity index (χ4n) is 3.45. The Morgan fingerprint density at radius 2 is 1.81 bits per heavy atom. The van der Waals surface area contributed by atoms with Gasteiger partial charge in [-0.3, -0.25) is 4.68 Å². The Kier molecular flexibility index (Phi) is 3.56. The van der Waals surface area contributed by atoms with Gasteiger partial charge in [-0.25, -0.2) is 0 Å². The van der Waals surface area contributed by atoms with Crippen LogP contribution in [0.1, 0.15) is 52.1 Å². The second kappa shape index (κ2) is 5.13. The van der Waals surface area contributed by atoms with E-state index in [1.165, 1.54) is 10.9 Å². The summed E-state index contributed by atoms with van der Waals surface area (Å²) in [5.74, 6) is 0. The minimum absolute atomic E-state index is 0.372. The predicted molar refractivity (Wildman–Crippen MR) is 86.3 cm³/mol. The Labute approximate surface area is 127 Å². The van der Waals surface area contributed by atoms with Gasteiger partial charge in [0.25, 0.3) is 0 Å². The zero-order chi connectivity index (χ0) is 15.1. The number of benzene rings is 1. The van der Waals surface area contributed by atoms with Crippen LogP contribution in [0.15, 0.2) is 24.3 Å². The summed E-state index contributed by atoms with van der Waals surface area (Å²) in [6, 6.07) is 8.35. The minimum Gasteiger partial charge on any atom is -0.389 e. The Hall–Kier alpha value is -1.35. The van der Waals surface area contributed by atoms with Crippen molar-refractivity contribution in [2.45, 2.75) is 65.0 Å². The molecule has 0 radical (unpaired) electrons. The molecular weight excluding hydrogens is 260 g/mol. The highest BCUT2D eigenvalue weighted by Crippen LogP contribution is 2.41. The molecule has 0 bridgehead atoms. The molecule has 1 aromatic heterocycles. The zero-order valence-corrected chi connectivity index (χ0v) is 13.4. The molecule has 0 aliphatic heterocycles. The standard InChI is InChI=1S/C18H26N2O/c1-4-20-16-8-6-5-7-14(16)15(19-20)13-18(21)11-9-17(2,3)10-12-18/h5-8,21H,4,9-13H2,1-3H3. The molecule has 0 unspecified atom stereocenters. The van der Waals surface area contributed by atoms with Gasteiger partial charge in [0.1, 0.15) is 0 Å². The zero-order valence-electron chi connectivity index (χ0n) is 13.4. The number of aryl methyl sites for hydroxylation is 1. The molecule has 3 rings (SSSR count). The van der Waals surface area contributed by atoms with Crippen molar-refractivity contribution in [2.24, 2.45) is 5.41 Å². The van der Waals surface area contributed by atoms with Gasteiger partial charge in [-0.1, -0.05) is 32.0 Å². The van der Waals surface area contributed by atoms with Crippen LogP contribution in [0.4, 0.5) is 0 Å². The molecule has 1 aliphatic carbocycles. The minimum atomic E-state index is -0.578. The van der Waals surface area contributed by atoms with Crippen molar-refractivity contribution in [3.8, 4) is 0 Å². The van der Waals surface area contributed by atoms with E-state index in [1.807, 2.05) is 4.68 Å². The first-order valence-corrected chi connectivity index (χ1v) is 8.09. The molecule has 1 N–H and O–H groups in total. The number of rotatable bonds is 3. The SMILES string of the molecule is CCn1nc(CC2(O)CCC(C)(C)CC2)c2ccccc21. The van der Waals surface area contributed by atoms with E-state index in [1.54, 1.807) is 0 Å². The first-order valence-electron chi connectivity index (χ1n) is 8.09. The number of aliphatic hydroxyl groups is 1. The topological polar surface area (TPSA) is 38.0 Å². The average molecular weight is 286 g/mol. The quantitative estimate of drug-likeness (QED) is 0.928. The number of hydrogen-bond donors (Lipinski definition) is 1. The van der Waals surface area contributed by atoms with Crippen LogP contribution in [0.5, 0.6) is 0 Å². The first kappa shape index (κ1) is 14.6. The van der Waals surface area contributed by atoms with Crippen molar-refractivity contribution in [3.63, 3.8) is 0 Å². The monoisotopic (exact) mass is 286 g/mol. The van der Waals surface area contributed by atoms with Gasteiger partial charge in [0.05, 0.1) is 16.8 Å². The summed E-state index contributed by atoms with van der Waals surface area (Å²) in [5.41, 5.74) is 2.02. The van der Waals surface area contributed by atoms with Gasteiger partial charge >= 0.3 is 0 Å². The van der Waals surface area contributed by atoms with Crippen molar-refractivity contribution < 1.29 is 5.11 Å². The number of fused-ring (bicyclic) bond motifs is 1. The largest absolute Gasteiger partial charge is 0.389 e. The van der Waals surface area contributed by atoms with E-state index in [-0.39, 0.29) is 0 Å². The maximum atomic E-state index is 10.9. The fraction of sp³-hybridized carbons (Fsp3) is 0.611. The molecule has 3 heteroatoms. The van der Waals surface area contributed by atoms with E-state index < -0.39 is 5.60 Å². The summed E-state index contributed by atoms with van der Waals surface area (Å²) in [6.07, 6.45) is 4.63. The molecule has 1 aromatic carbocycles. The fourth-order valence-corrected chi connectivity index (χ4v) is 3.45. The molecule has 2 aromatic rings. The van der Waals surface area contributed by atoms with Gasteiger partial charge in [-0.15, -0.1) is 0 Å². The second-order valence-corrected chi connectivity index (χ2v) is 7.34. The molecule has 0 amide bonds. The molecule has 3 nitrogen and oxygen atoms in total. The molecule has 1 aliphatic rings. The van der Waals surface area contributed by atoms with Gasteiger partial charge in [0.2, 0.25) is 0 Å². The third-order valence-corrected chi connectivity index (χ3v) is 5.06. The Balaban J connectivity index is 1.88. The molecule has 0 spiro atoms. The lowest BCUT2D eigenvalue weighted by Crippen LogP contribution is -2.38. The molecule has 0 atom stereocenters. The third kappa shape index (κ3) is 2.84. The number of para-hydroxylation sites is 1. The number of hydrogen-bond acceptors (Lipinski definition) is 2. The molecule has 21 heavy (non-hydrogen) atoms. The van der Waals surface area contributed by atoms with Crippen LogP contribution in [-0.4, -0.2) is 20.5 Å². The van der Waals surface area contributed by atoms with Crippen LogP contribution >= 0.6 is 0 Å². The molecule has 1 fully saturated rings. The van der Waals surface area contributed by atoms with Crippen molar-refractivity contribution >= 4 is 10.9 Å². The van der Waals surface area contributed by atoms with Gasteiger partial charge in [-0.2, -0.15) is 5.10 Å². The van der Waals surface area contributed by atoms with Gasteiger partial charge in [0.15, 0.2) is 0 Å². The number of nitrogens with zero attached hydrogens (tertiary/aromatic N) is 2. The van der Waals surface area contributed by atoms with E-state index in [0.29, 0.717) is 11.8 Å². The smallest absolute Gasteiger partial charge is 0.0731 e. The second-order valence-electron chi connectivity index (χ2n) is 7.34. The summed E-state index contributed by atoms with van der Waals surface area (Å²) in [5, 5.41) is 16.9. The summed E-state index contributed by atoms with van der Waals surface area (Å²) < 4.78 is 2.04. The van der Waals surface area contributed by atoms with Crippen LogP contribution < -0.4 is 0 Å². The van der Waals surface area contributed by atoms with E-state index in [0.717, 1.165) is 37.9 Å². The van der Waals surface area contributed by atoms with E-state index in [9.17, 15) is 5.11 Å². The first-order chi connectivity index (χ1) is 9.92. The highest BCUT2D eigenvalue weighted by Gasteiger charge is 2.37. The summed E-state index contributed by atoms with van der Waals surface area (Å²) >= 11 is 0.